The number of aryl methyl sites for hydroxylation is 1. The molecule has 0 aromatic carbocycles. The topological polar surface area (TPSA) is 36.7 Å². The van der Waals surface area contributed by atoms with Crippen LogP contribution in [0.2, 0.25) is 0 Å². The predicted molar refractivity (Wildman–Crippen MR) is 59.5 cm³/mol. The number of thiophene rings is 1. The Bertz CT molecular complexity index is 463. The first-order valence-corrected chi connectivity index (χ1v) is 5.88. The zero-order valence-electron chi connectivity index (χ0n) is 7.65. The number of rotatable bonds is 2. The Balaban J connectivity index is 2.41. The number of nitrogens with zero attached hydrogens (tertiary/aromatic N) is 2. The van der Waals surface area contributed by atoms with E-state index in [1.54, 1.807) is 22.7 Å². The summed E-state index contributed by atoms with van der Waals surface area (Å²) in [6.45, 7) is 1.99. The molecule has 2 aromatic heterocycles. The van der Waals surface area contributed by atoms with Crippen LogP contribution in [-0.2, 0) is 6.42 Å². The lowest BCUT2D eigenvalue weighted by Gasteiger charge is -1.89. The molecule has 0 bridgehead atoms. The van der Waals surface area contributed by atoms with E-state index in [0.717, 1.165) is 10.7 Å². The van der Waals surface area contributed by atoms with Gasteiger partial charge in [0.25, 0.3) is 0 Å². The summed E-state index contributed by atoms with van der Waals surface area (Å²) >= 11 is 3.33. The van der Waals surface area contributed by atoms with Gasteiger partial charge in [-0.25, -0.2) is 4.98 Å². The van der Waals surface area contributed by atoms with Gasteiger partial charge in [0.1, 0.15) is 5.01 Å². The molecule has 4 heteroatoms. The molecule has 0 aliphatic carbocycles. The molecule has 2 rings (SSSR count). The van der Waals surface area contributed by atoms with Gasteiger partial charge in [-0.15, -0.1) is 22.7 Å². The summed E-state index contributed by atoms with van der Waals surface area (Å²) in [5, 5.41) is 11.5. The second kappa shape index (κ2) is 3.91. The van der Waals surface area contributed by atoms with E-state index >= 15 is 0 Å². The number of hydrogen-bond acceptors (Lipinski definition) is 4. The van der Waals surface area contributed by atoms with Crippen molar-refractivity contribution in [3.63, 3.8) is 0 Å². The average Bonchev–Trinajstić information content (AvgIpc) is 2.74. The Morgan fingerprint density at radius 2 is 2.43 bits per heavy atom. The molecule has 2 nitrogen and oxygen atoms in total. The van der Waals surface area contributed by atoms with Gasteiger partial charge in [-0.1, -0.05) is 6.07 Å². The molecule has 70 valence electrons. The van der Waals surface area contributed by atoms with E-state index in [-0.39, 0.29) is 0 Å². The number of nitriles is 1. The fourth-order valence-corrected chi connectivity index (χ4v) is 3.13. The zero-order valence-corrected chi connectivity index (χ0v) is 9.28. The van der Waals surface area contributed by atoms with Crippen LogP contribution in [0, 0.1) is 18.3 Å². The van der Waals surface area contributed by atoms with Crippen molar-refractivity contribution in [1.82, 2.24) is 4.98 Å². The molecule has 2 aromatic rings. The molecule has 0 saturated carbocycles. The largest absolute Gasteiger partial charge is 0.245 e. The maximum Gasteiger partial charge on any atom is 0.108 e. The van der Waals surface area contributed by atoms with E-state index in [2.05, 4.69) is 22.5 Å². The molecule has 0 unspecified atom stereocenters. The van der Waals surface area contributed by atoms with Crippen LogP contribution >= 0.6 is 22.7 Å². The van der Waals surface area contributed by atoms with Crippen LogP contribution in [0.1, 0.15) is 10.7 Å². The Morgan fingerprint density at radius 1 is 1.57 bits per heavy atom. The van der Waals surface area contributed by atoms with Gasteiger partial charge in [0, 0.05) is 4.88 Å². The summed E-state index contributed by atoms with van der Waals surface area (Å²) in [4.78, 5) is 6.80. The van der Waals surface area contributed by atoms with Crippen LogP contribution in [0.4, 0.5) is 0 Å². The van der Waals surface area contributed by atoms with E-state index in [1.165, 1.54) is 9.75 Å². The van der Waals surface area contributed by atoms with Gasteiger partial charge in [0.2, 0.25) is 0 Å². The van der Waals surface area contributed by atoms with Crippen molar-refractivity contribution in [2.75, 3.05) is 0 Å². The molecule has 0 aliphatic rings. The summed E-state index contributed by atoms with van der Waals surface area (Å²) in [5.74, 6) is 0. The minimum Gasteiger partial charge on any atom is -0.245 e. The van der Waals surface area contributed by atoms with Crippen LogP contribution < -0.4 is 0 Å². The summed E-state index contributed by atoms with van der Waals surface area (Å²) in [5.41, 5.74) is 1.03. The molecule has 0 radical (unpaired) electrons. The minimum absolute atomic E-state index is 0.414. The third kappa shape index (κ3) is 1.69. The molecule has 0 atom stereocenters. The van der Waals surface area contributed by atoms with Gasteiger partial charge in [-0.05, 0) is 18.4 Å². The predicted octanol–water partition coefficient (Wildman–Crippen LogP) is 3.25. The zero-order chi connectivity index (χ0) is 9.97. The summed E-state index contributed by atoms with van der Waals surface area (Å²) in [6, 6.07) is 6.24. The summed E-state index contributed by atoms with van der Waals surface area (Å²) in [6.07, 6.45) is 0.414. The second-order valence-electron chi connectivity index (χ2n) is 2.83. The summed E-state index contributed by atoms with van der Waals surface area (Å²) in [7, 11) is 0. The van der Waals surface area contributed by atoms with Gasteiger partial charge in [-0.3, -0.25) is 0 Å². The highest BCUT2D eigenvalue weighted by molar-refractivity contribution is 7.21. The Hall–Kier alpha value is -1.18. The van der Waals surface area contributed by atoms with Crippen LogP contribution in [0.15, 0.2) is 17.5 Å². The maximum absolute atomic E-state index is 8.57. The molecule has 2 heterocycles. The molecular weight excluding hydrogens is 212 g/mol. The van der Waals surface area contributed by atoms with Crippen molar-refractivity contribution in [2.24, 2.45) is 0 Å². The lowest BCUT2D eigenvalue weighted by atomic mass is 10.3. The van der Waals surface area contributed by atoms with Crippen LogP contribution in [0.25, 0.3) is 9.75 Å². The van der Waals surface area contributed by atoms with Crippen molar-refractivity contribution in [3.05, 3.63) is 28.2 Å². The highest BCUT2D eigenvalue weighted by atomic mass is 32.1. The van der Waals surface area contributed by atoms with Gasteiger partial charge < -0.3 is 0 Å². The SMILES string of the molecule is Cc1nc(CC#N)sc1-c1cccs1. The maximum atomic E-state index is 8.57. The van der Waals surface area contributed by atoms with Crippen molar-refractivity contribution in [3.8, 4) is 15.8 Å². The van der Waals surface area contributed by atoms with Crippen molar-refractivity contribution in [2.45, 2.75) is 13.3 Å². The monoisotopic (exact) mass is 220 g/mol. The Labute approximate surface area is 90.5 Å². The van der Waals surface area contributed by atoms with E-state index in [0.29, 0.717) is 6.42 Å². The Kier molecular flexibility index (Phi) is 2.62. The first-order chi connectivity index (χ1) is 6.81. The minimum atomic E-state index is 0.414. The fourth-order valence-electron chi connectivity index (χ4n) is 1.23. The van der Waals surface area contributed by atoms with Crippen LogP contribution in [0.5, 0.6) is 0 Å². The second-order valence-corrected chi connectivity index (χ2v) is 4.87. The van der Waals surface area contributed by atoms with E-state index < -0.39 is 0 Å². The standard InChI is InChI=1S/C10H8N2S2/c1-7-10(8-3-2-6-13-8)14-9(12-7)4-5-11/h2-3,6H,4H2,1H3. The molecule has 14 heavy (non-hydrogen) atoms. The first-order valence-electron chi connectivity index (χ1n) is 4.18. The highest BCUT2D eigenvalue weighted by Gasteiger charge is 2.09. The van der Waals surface area contributed by atoms with Crippen LogP contribution in [0.3, 0.4) is 0 Å². The van der Waals surface area contributed by atoms with E-state index in [9.17, 15) is 0 Å². The molecular formula is C10H8N2S2. The van der Waals surface area contributed by atoms with E-state index in [1.807, 2.05) is 13.0 Å². The summed E-state index contributed by atoms with van der Waals surface area (Å²) < 4.78 is 0. The normalized spacial score (nSPS) is 10.0. The fraction of sp³-hybridized carbons (Fsp3) is 0.200. The molecule has 0 N–H and O–H groups in total. The third-order valence-electron chi connectivity index (χ3n) is 1.82. The smallest absolute Gasteiger partial charge is 0.108 e. The van der Waals surface area contributed by atoms with Crippen molar-refractivity contribution >= 4 is 22.7 Å². The van der Waals surface area contributed by atoms with E-state index in [4.69, 9.17) is 5.26 Å². The average molecular weight is 220 g/mol. The molecule has 0 saturated heterocycles. The van der Waals surface area contributed by atoms with Crippen LogP contribution in [-0.4, -0.2) is 4.98 Å². The lowest BCUT2D eigenvalue weighted by Crippen LogP contribution is -1.78. The lowest BCUT2D eigenvalue weighted by molar-refractivity contribution is 1.14. The number of thiazole rings is 1. The number of hydrogen-bond donors (Lipinski definition) is 0. The quantitative estimate of drug-likeness (QED) is 0.779. The van der Waals surface area contributed by atoms with Gasteiger partial charge in [0.15, 0.2) is 0 Å². The molecule has 0 aliphatic heterocycles. The van der Waals surface area contributed by atoms with Gasteiger partial charge >= 0.3 is 0 Å². The third-order valence-corrected chi connectivity index (χ3v) is 4.02. The van der Waals surface area contributed by atoms with Gasteiger partial charge in [0.05, 0.1) is 23.1 Å². The molecule has 0 fully saturated rings. The first kappa shape index (κ1) is 9.38. The Morgan fingerprint density at radius 3 is 3.07 bits per heavy atom. The highest BCUT2D eigenvalue weighted by Crippen LogP contribution is 2.33. The molecule has 0 spiro atoms. The number of aromatic nitrogens is 1. The van der Waals surface area contributed by atoms with Crippen molar-refractivity contribution in [1.29, 1.82) is 5.26 Å². The molecule has 0 amide bonds. The van der Waals surface area contributed by atoms with Crippen molar-refractivity contribution < 1.29 is 0 Å². The van der Waals surface area contributed by atoms with Gasteiger partial charge in [-0.2, -0.15) is 5.26 Å².